The van der Waals surface area contributed by atoms with Crippen LogP contribution in [0.2, 0.25) is 0 Å². The van der Waals surface area contributed by atoms with Gasteiger partial charge in [-0.05, 0) is 77.4 Å². The second-order valence-corrected chi connectivity index (χ2v) is 10.3. The van der Waals surface area contributed by atoms with Crippen molar-refractivity contribution in [1.29, 1.82) is 0 Å². The summed E-state index contributed by atoms with van der Waals surface area (Å²) in [6.07, 6.45) is 7.17. The topological polar surface area (TPSA) is 88.8 Å². The third-order valence-corrected chi connectivity index (χ3v) is 7.96. The second-order valence-electron chi connectivity index (χ2n) is 9.52. The molecule has 5 rings (SSSR count). The third kappa shape index (κ3) is 5.51. The lowest BCUT2D eigenvalue weighted by Gasteiger charge is -2.39. The molecule has 3 aromatic rings. The number of aryl methyl sites for hydroxylation is 1. The summed E-state index contributed by atoms with van der Waals surface area (Å²) in [6, 6.07) is 9.45. The van der Waals surface area contributed by atoms with E-state index in [1.807, 2.05) is 57.0 Å². The van der Waals surface area contributed by atoms with Gasteiger partial charge in [-0.2, -0.15) is 16.3 Å². The minimum atomic E-state index is 0.0653. The Morgan fingerprint density at radius 3 is 2.56 bits per heavy atom. The molecule has 2 aromatic heterocycles. The van der Waals surface area contributed by atoms with E-state index in [2.05, 4.69) is 10.1 Å². The number of nitrogens with zero attached hydrogens (tertiary/aromatic N) is 4. The van der Waals surface area contributed by atoms with E-state index in [4.69, 9.17) is 9.26 Å². The van der Waals surface area contributed by atoms with Crippen LogP contribution < -0.4 is 4.74 Å². The van der Waals surface area contributed by atoms with Crippen LogP contribution in [0.25, 0.3) is 17.5 Å². The smallest absolute Gasteiger partial charge is 0.246 e. The van der Waals surface area contributed by atoms with Gasteiger partial charge in [-0.25, -0.2) is 0 Å². The number of carbonyl (C=O) groups is 2. The van der Waals surface area contributed by atoms with Crippen LogP contribution in [0, 0.1) is 5.41 Å². The Kier molecular flexibility index (Phi) is 7.18. The van der Waals surface area contributed by atoms with Crippen molar-refractivity contribution in [3.05, 3.63) is 58.6 Å². The number of benzene rings is 1. The van der Waals surface area contributed by atoms with E-state index in [0.29, 0.717) is 24.6 Å². The summed E-state index contributed by atoms with van der Waals surface area (Å²) in [7, 11) is 1.62. The zero-order valence-electron chi connectivity index (χ0n) is 20.4. The van der Waals surface area contributed by atoms with Crippen molar-refractivity contribution in [3.8, 4) is 17.1 Å². The quantitative estimate of drug-likeness (QED) is 0.444. The molecule has 4 heterocycles. The Morgan fingerprint density at radius 2 is 1.86 bits per heavy atom. The van der Waals surface area contributed by atoms with E-state index in [9.17, 15) is 9.59 Å². The van der Waals surface area contributed by atoms with Gasteiger partial charge in [0.05, 0.1) is 7.11 Å². The van der Waals surface area contributed by atoms with E-state index in [1.165, 1.54) is 0 Å². The van der Waals surface area contributed by atoms with Gasteiger partial charge < -0.3 is 19.1 Å². The molecule has 9 heteroatoms. The number of piperidine rings is 1. The van der Waals surface area contributed by atoms with E-state index in [-0.39, 0.29) is 17.2 Å². The Morgan fingerprint density at radius 1 is 1.11 bits per heavy atom. The van der Waals surface area contributed by atoms with Crippen molar-refractivity contribution < 1.29 is 18.8 Å². The van der Waals surface area contributed by atoms with Crippen molar-refractivity contribution in [2.75, 3.05) is 33.3 Å². The van der Waals surface area contributed by atoms with E-state index in [1.54, 1.807) is 24.5 Å². The first-order chi connectivity index (χ1) is 17.5. The van der Waals surface area contributed by atoms with E-state index < -0.39 is 0 Å². The zero-order chi connectivity index (χ0) is 25.0. The van der Waals surface area contributed by atoms with Crippen LogP contribution in [0.4, 0.5) is 0 Å². The molecule has 0 saturated carbocycles. The normalized spacial score (nSPS) is 17.2. The number of thiophene rings is 1. The molecule has 2 fully saturated rings. The molecule has 0 N–H and O–H groups in total. The molecule has 1 spiro atoms. The zero-order valence-corrected chi connectivity index (χ0v) is 21.2. The maximum Gasteiger partial charge on any atom is 0.246 e. The highest BCUT2D eigenvalue weighted by atomic mass is 32.1. The molecule has 0 unspecified atom stereocenters. The van der Waals surface area contributed by atoms with Gasteiger partial charge in [0.15, 0.2) is 0 Å². The number of hydrogen-bond acceptors (Lipinski definition) is 7. The molecule has 36 heavy (non-hydrogen) atoms. The third-order valence-electron chi connectivity index (χ3n) is 7.26. The molecule has 0 atom stereocenters. The lowest BCUT2D eigenvalue weighted by Crippen LogP contribution is -2.44. The van der Waals surface area contributed by atoms with Crippen LogP contribution >= 0.6 is 11.3 Å². The summed E-state index contributed by atoms with van der Waals surface area (Å²) in [4.78, 5) is 33.8. The molecule has 188 valence electrons. The number of amides is 2. The fourth-order valence-electron chi connectivity index (χ4n) is 4.99. The minimum absolute atomic E-state index is 0.0653. The van der Waals surface area contributed by atoms with Crippen LogP contribution in [0.15, 0.2) is 51.7 Å². The number of carbonyl (C=O) groups excluding carboxylic acids is 2. The first-order valence-corrected chi connectivity index (χ1v) is 13.2. The highest BCUT2D eigenvalue weighted by molar-refractivity contribution is 7.08. The molecule has 0 bridgehead atoms. The maximum absolute atomic E-state index is 12.9. The van der Waals surface area contributed by atoms with Crippen molar-refractivity contribution in [3.63, 3.8) is 0 Å². The molecule has 2 aliphatic heterocycles. The number of rotatable bonds is 7. The van der Waals surface area contributed by atoms with Gasteiger partial charge in [-0.1, -0.05) is 5.16 Å². The van der Waals surface area contributed by atoms with Gasteiger partial charge in [0.25, 0.3) is 0 Å². The monoisotopic (exact) mass is 506 g/mol. The summed E-state index contributed by atoms with van der Waals surface area (Å²) in [5, 5.41) is 8.08. The van der Waals surface area contributed by atoms with Gasteiger partial charge in [0.2, 0.25) is 23.5 Å². The summed E-state index contributed by atoms with van der Waals surface area (Å²) in [5.41, 5.74) is 2.02. The number of likely N-dealkylation sites (tertiary alicyclic amines) is 2. The lowest BCUT2D eigenvalue weighted by molar-refractivity contribution is -0.132. The average Bonchev–Trinajstić information content (AvgIpc) is 3.68. The fraction of sp³-hybridized carbons (Fsp3) is 0.407. The van der Waals surface area contributed by atoms with E-state index >= 15 is 0 Å². The molecular formula is C27H30N4O4S. The molecule has 0 aliphatic carbocycles. The SMILES string of the molecule is COc1ccc(-c2noc(CCC(=O)N3CCC4(CCN(C(=O)C=Cc5ccsc5)CC4)C3)n2)cc1. The number of ether oxygens (including phenoxy) is 1. The lowest BCUT2D eigenvalue weighted by atomic mass is 9.78. The largest absolute Gasteiger partial charge is 0.497 e. The summed E-state index contributed by atoms with van der Waals surface area (Å²) >= 11 is 1.62. The number of methoxy groups -OCH3 is 1. The Balaban J connectivity index is 1.08. The minimum Gasteiger partial charge on any atom is -0.497 e. The van der Waals surface area contributed by atoms with Crippen LogP contribution in [-0.4, -0.2) is 65.0 Å². The number of aromatic nitrogens is 2. The first kappa shape index (κ1) is 24.2. The van der Waals surface area contributed by atoms with Crippen LogP contribution in [0.3, 0.4) is 0 Å². The van der Waals surface area contributed by atoms with Crippen molar-refractivity contribution in [1.82, 2.24) is 19.9 Å². The summed E-state index contributed by atoms with van der Waals surface area (Å²) in [6.45, 7) is 3.02. The maximum atomic E-state index is 12.9. The Labute approximate surface area is 214 Å². The molecule has 2 amide bonds. The fourth-order valence-corrected chi connectivity index (χ4v) is 5.61. The Hall–Kier alpha value is -3.46. The van der Waals surface area contributed by atoms with Gasteiger partial charge in [-0.15, -0.1) is 0 Å². The second kappa shape index (κ2) is 10.7. The standard InChI is InChI=1S/C27H30N4O4S/c1-34-22-5-3-21(4-6-22)26-28-23(35-29-26)7-9-25(33)31-16-13-27(19-31)11-14-30(15-12-27)24(32)8-2-20-10-17-36-18-20/h2-6,8,10,17-18H,7,9,11-16,19H2,1H3. The first-order valence-electron chi connectivity index (χ1n) is 12.3. The van der Waals surface area contributed by atoms with Gasteiger partial charge >= 0.3 is 0 Å². The van der Waals surface area contributed by atoms with Gasteiger partial charge in [-0.3, -0.25) is 9.59 Å². The average molecular weight is 507 g/mol. The van der Waals surface area contributed by atoms with E-state index in [0.717, 1.165) is 62.3 Å². The highest BCUT2D eigenvalue weighted by Crippen LogP contribution is 2.40. The molecule has 8 nitrogen and oxygen atoms in total. The number of hydrogen-bond donors (Lipinski definition) is 0. The summed E-state index contributed by atoms with van der Waals surface area (Å²) < 4.78 is 10.5. The Bertz CT molecular complexity index is 1210. The van der Waals surface area contributed by atoms with Crippen LogP contribution in [-0.2, 0) is 16.0 Å². The molecular weight excluding hydrogens is 476 g/mol. The van der Waals surface area contributed by atoms with Gasteiger partial charge in [0.1, 0.15) is 5.75 Å². The van der Waals surface area contributed by atoms with Crippen molar-refractivity contribution in [2.45, 2.75) is 32.1 Å². The predicted octanol–water partition coefficient (Wildman–Crippen LogP) is 4.29. The predicted molar refractivity (Wildman–Crippen MR) is 137 cm³/mol. The molecule has 2 aliphatic rings. The van der Waals surface area contributed by atoms with Crippen LogP contribution in [0.5, 0.6) is 5.75 Å². The van der Waals surface area contributed by atoms with Crippen molar-refractivity contribution in [2.24, 2.45) is 5.41 Å². The van der Waals surface area contributed by atoms with Crippen molar-refractivity contribution >= 4 is 29.2 Å². The molecule has 0 radical (unpaired) electrons. The van der Waals surface area contributed by atoms with Gasteiger partial charge in [0, 0.05) is 50.7 Å². The molecule has 1 aromatic carbocycles. The van der Waals surface area contributed by atoms with Crippen LogP contribution in [0.1, 0.15) is 37.1 Å². The highest BCUT2D eigenvalue weighted by Gasteiger charge is 2.42. The summed E-state index contributed by atoms with van der Waals surface area (Å²) in [5.74, 6) is 1.92. The molecule has 2 saturated heterocycles.